The molecule has 0 bridgehead atoms. The van der Waals surface area contributed by atoms with Gasteiger partial charge < -0.3 is 0 Å². The first kappa shape index (κ1) is 17.1. The Morgan fingerprint density at radius 2 is 1.81 bits per heavy atom. The van der Waals surface area contributed by atoms with Gasteiger partial charge in [0.15, 0.2) is 11.5 Å². The van der Waals surface area contributed by atoms with Gasteiger partial charge in [0.05, 0.1) is 28.2 Å². The molecule has 0 unspecified atom stereocenters. The van der Waals surface area contributed by atoms with Gasteiger partial charge in [-0.3, -0.25) is 4.98 Å². The van der Waals surface area contributed by atoms with Crippen LogP contribution in [0.3, 0.4) is 0 Å². The predicted molar refractivity (Wildman–Crippen MR) is 95.9 cm³/mol. The maximum Gasteiger partial charge on any atom is 0.416 e. The highest BCUT2D eigenvalue weighted by Crippen LogP contribution is 2.31. The van der Waals surface area contributed by atoms with E-state index in [0.717, 1.165) is 23.5 Å². The SMILES string of the molecule is Cc1ncc(C)n2nc(/C=C/c3ccc4cc(C(F)(F)F)ccc4n3)nc12. The Bertz CT molecular complexity index is 1150. The van der Waals surface area contributed by atoms with Crippen molar-refractivity contribution in [2.75, 3.05) is 0 Å². The van der Waals surface area contributed by atoms with Crippen molar-refractivity contribution in [3.63, 3.8) is 0 Å². The molecule has 3 aromatic heterocycles. The molecule has 0 amide bonds. The number of pyridine rings is 1. The van der Waals surface area contributed by atoms with Crippen molar-refractivity contribution in [3.8, 4) is 0 Å². The van der Waals surface area contributed by atoms with E-state index in [-0.39, 0.29) is 0 Å². The van der Waals surface area contributed by atoms with Crippen LogP contribution < -0.4 is 0 Å². The summed E-state index contributed by atoms with van der Waals surface area (Å²) in [4.78, 5) is 13.1. The molecule has 0 aliphatic carbocycles. The van der Waals surface area contributed by atoms with Crippen LogP contribution in [0.2, 0.25) is 0 Å². The van der Waals surface area contributed by atoms with E-state index in [9.17, 15) is 13.2 Å². The van der Waals surface area contributed by atoms with E-state index in [1.54, 1.807) is 35.0 Å². The molecule has 0 aliphatic heterocycles. The molecule has 0 saturated carbocycles. The van der Waals surface area contributed by atoms with Gasteiger partial charge in [0.2, 0.25) is 0 Å². The normalized spacial score (nSPS) is 12.5. The second-order valence-corrected chi connectivity index (χ2v) is 6.17. The third kappa shape index (κ3) is 3.25. The maximum absolute atomic E-state index is 12.8. The zero-order valence-electron chi connectivity index (χ0n) is 14.5. The van der Waals surface area contributed by atoms with Crippen molar-refractivity contribution in [1.82, 2.24) is 24.6 Å². The molecule has 0 saturated heterocycles. The van der Waals surface area contributed by atoms with E-state index in [4.69, 9.17) is 0 Å². The lowest BCUT2D eigenvalue weighted by Gasteiger charge is -2.07. The van der Waals surface area contributed by atoms with Crippen LogP contribution in [-0.2, 0) is 6.18 Å². The average molecular weight is 369 g/mol. The Balaban J connectivity index is 1.67. The number of halogens is 3. The molecule has 5 nitrogen and oxygen atoms in total. The van der Waals surface area contributed by atoms with Crippen LogP contribution in [0, 0.1) is 13.8 Å². The fraction of sp³-hybridized carbons (Fsp3) is 0.158. The van der Waals surface area contributed by atoms with Crippen LogP contribution in [0.25, 0.3) is 28.7 Å². The molecule has 0 N–H and O–H groups in total. The summed E-state index contributed by atoms with van der Waals surface area (Å²) in [6, 6.07) is 6.78. The van der Waals surface area contributed by atoms with E-state index in [1.807, 2.05) is 13.8 Å². The van der Waals surface area contributed by atoms with Gasteiger partial charge in [-0.05, 0) is 50.3 Å². The van der Waals surface area contributed by atoms with Crippen molar-refractivity contribution in [1.29, 1.82) is 0 Å². The lowest BCUT2D eigenvalue weighted by molar-refractivity contribution is -0.137. The minimum atomic E-state index is -4.37. The number of fused-ring (bicyclic) bond motifs is 2. The summed E-state index contributed by atoms with van der Waals surface area (Å²) in [6.07, 6.45) is 0.797. The number of aromatic nitrogens is 5. The van der Waals surface area contributed by atoms with E-state index >= 15 is 0 Å². The second kappa shape index (κ2) is 6.15. The number of hydrogen-bond acceptors (Lipinski definition) is 4. The smallest absolute Gasteiger partial charge is 0.256 e. The van der Waals surface area contributed by atoms with Gasteiger partial charge >= 0.3 is 6.18 Å². The van der Waals surface area contributed by atoms with Crippen LogP contribution >= 0.6 is 0 Å². The summed E-state index contributed by atoms with van der Waals surface area (Å²) >= 11 is 0. The molecule has 0 spiro atoms. The van der Waals surface area contributed by atoms with Gasteiger partial charge in [0.25, 0.3) is 0 Å². The molecule has 0 radical (unpaired) electrons. The average Bonchev–Trinajstić information content (AvgIpc) is 3.07. The van der Waals surface area contributed by atoms with Crippen LogP contribution in [0.1, 0.15) is 28.5 Å². The van der Waals surface area contributed by atoms with Crippen molar-refractivity contribution in [3.05, 3.63) is 65.0 Å². The molecule has 0 atom stereocenters. The Morgan fingerprint density at radius 1 is 1.00 bits per heavy atom. The lowest BCUT2D eigenvalue weighted by Crippen LogP contribution is -2.04. The second-order valence-electron chi connectivity index (χ2n) is 6.17. The van der Waals surface area contributed by atoms with Crippen LogP contribution in [0.15, 0.2) is 36.5 Å². The third-order valence-corrected chi connectivity index (χ3v) is 4.17. The van der Waals surface area contributed by atoms with Crippen LogP contribution in [0.5, 0.6) is 0 Å². The van der Waals surface area contributed by atoms with Crippen LogP contribution in [0.4, 0.5) is 13.2 Å². The molecular formula is C19H14F3N5. The molecule has 0 fully saturated rings. The molecule has 4 rings (SSSR count). The molecule has 136 valence electrons. The minimum Gasteiger partial charge on any atom is -0.256 e. The molecule has 3 heterocycles. The summed E-state index contributed by atoms with van der Waals surface area (Å²) in [5.41, 5.74) is 2.73. The van der Waals surface area contributed by atoms with Gasteiger partial charge in [-0.25, -0.2) is 14.5 Å². The molecule has 4 aromatic rings. The first-order valence-corrected chi connectivity index (χ1v) is 8.16. The number of alkyl halides is 3. The van der Waals surface area contributed by atoms with Crippen molar-refractivity contribution < 1.29 is 13.2 Å². The van der Waals surface area contributed by atoms with Gasteiger partial charge in [-0.1, -0.05) is 6.07 Å². The standard InChI is InChI=1S/C19H14F3N5/c1-11-10-23-12(2)18-25-17(26-27(11)18)8-6-15-5-3-13-9-14(19(20,21)22)4-7-16(13)24-15/h3-10H,1-2H3/b8-6+. The molecule has 27 heavy (non-hydrogen) atoms. The molecule has 1 aromatic carbocycles. The highest BCUT2D eigenvalue weighted by atomic mass is 19.4. The number of nitrogens with zero attached hydrogens (tertiary/aromatic N) is 5. The topological polar surface area (TPSA) is 56.0 Å². The van der Waals surface area contributed by atoms with Gasteiger partial charge in [0, 0.05) is 11.6 Å². The van der Waals surface area contributed by atoms with Crippen molar-refractivity contribution >= 4 is 28.7 Å². The summed E-state index contributed by atoms with van der Waals surface area (Å²) in [5, 5.41) is 4.85. The highest BCUT2D eigenvalue weighted by molar-refractivity contribution is 5.81. The number of rotatable bonds is 2. The first-order valence-electron chi connectivity index (χ1n) is 8.16. The first-order chi connectivity index (χ1) is 12.8. The summed E-state index contributed by atoms with van der Waals surface area (Å²) in [6.45, 7) is 3.75. The molecule has 8 heteroatoms. The fourth-order valence-electron chi connectivity index (χ4n) is 2.75. The predicted octanol–water partition coefficient (Wildman–Crippen LogP) is 4.48. The number of hydrogen-bond donors (Lipinski definition) is 0. The monoisotopic (exact) mass is 369 g/mol. The van der Waals surface area contributed by atoms with Crippen molar-refractivity contribution in [2.24, 2.45) is 0 Å². The van der Waals surface area contributed by atoms with E-state index in [2.05, 4.69) is 20.1 Å². The lowest BCUT2D eigenvalue weighted by atomic mass is 10.1. The Hall–Kier alpha value is -3.29. The quantitative estimate of drug-likeness (QED) is 0.523. The van der Waals surface area contributed by atoms with Gasteiger partial charge in [0.1, 0.15) is 0 Å². The summed E-state index contributed by atoms with van der Waals surface area (Å²) < 4.78 is 40.1. The van der Waals surface area contributed by atoms with E-state index < -0.39 is 11.7 Å². The van der Waals surface area contributed by atoms with Crippen LogP contribution in [-0.4, -0.2) is 24.6 Å². The Labute approximate surface area is 152 Å². The largest absolute Gasteiger partial charge is 0.416 e. The minimum absolute atomic E-state index is 0.435. The molecular weight excluding hydrogens is 355 g/mol. The highest BCUT2D eigenvalue weighted by Gasteiger charge is 2.30. The Morgan fingerprint density at radius 3 is 2.56 bits per heavy atom. The van der Waals surface area contributed by atoms with E-state index in [0.29, 0.717) is 28.1 Å². The summed E-state index contributed by atoms with van der Waals surface area (Å²) in [5.74, 6) is 0.503. The Kier molecular flexibility index (Phi) is 3.91. The van der Waals surface area contributed by atoms with Crippen molar-refractivity contribution in [2.45, 2.75) is 20.0 Å². The maximum atomic E-state index is 12.8. The zero-order chi connectivity index (χ0) is 19.2. The van der Waals surface area contributed by atoms with Gasteiger partial charge in [-0.15, -0.1) is 5.10 Å². The van der Waals surface area contributed by atoms with Gasteiger partial charge in [-0.2, -0.15) is 13.2 Å². The molecule has 0 aliphatic rings. The summed E-state index contributed by atoms with van der Waals surface area (Å²) in [7, 11) is 0. The number of aryl methyl sites for hydroxylation is 2. The third-order valence-electron chi connectivity index (χ3n) is 4.17. The van der Waals surface area contributed by atoms with E-state index in [1.165, 1.54) is 6.07 Å². The number of benzene rings is 1. The zero-order valence-corrected chi connectivity index (χ0v) is 14.5. The fourth-order valence-corrected chi connectivity index (χ4v) is 2.75.